The van der Waals surface area contributed by atoms with Gasteiger partial charge in [-0.3, -0.25) is 19.3 Å². The first-order valence-corrected chi connectivity index (χ1v) is 11.1. The Labute approximate surface area is 186 Å². The largest absolute Gasteiger partial charge is 0.454 e. The lowest BCUT2D eigenvalue weighted by atomic mass is 9.81. The predicted molar refractivity (Wildman–Crippen MR) is 117 cm³/mol. The van der Waals surface area contributed by atoms with Crippen molar-refractivity contribution < 1.29 is 23.9 Å². The maximum Gasteiger partial charge on any atom is 0.338 e. The van der Waals surface area contributed by atoms with E-state index >= 15 is 0 Å². The Hall–Kier alpha value is -3.28. The lowest BCUT2D eigenvalue weighted by Crippen LogP contribution is -2.32. The number of ether oxygens (including phenoxy) is 1. The Balaban J connectivity index is 1.29. The number of benzene rings is 2. The van der Waals surface area contributed by atoms with Crippen molar-refractivity contribution in [2.45, 2.75) is 33.1 Å². The predicted octanol–water partition coefficient (Wildman–Crippen LogP) is 3.88. The molecule has 0 radical (unpaired) electrons. The summed E-state index contributed by atoms with van der Waals surface area (Å²) >= 11 is 0. The zero-order valence-electron chi connectivity index (χ0n) is 18.2. The molecule has 32 heavy (non-hydrogen) atoms. The second kappa shape index (κ2) is 7.69. The Morgan fingerprint density at radius 3 is 2.25 bits per heavy atom. The van der Waals surface area contributed by atoms with Crippen molar-refractivity contribution in [3.63, 3.8) is 0 Å². The number of rotatable bonds is 5. The minimum Gasteiger partial charge on any atom is -0.454 e. The lowest BCUT2D eigenvalue weighted by molar-refractivity contribution is -0.123. The molecule has 6 heteroatoms. The fourth-order valence-electron chi connectivity index (χ4n) is 5.65. The van der Waals surface area contributed by atoms with Crippen LogP contribution in [0.3, 0.4) is 0 Å². The van der Waals surface area contributed by atoms with E-state index in [9.17, 15) is 19.2 Å². The zero-order valence-corrected chi connectivity index (χ0v) is 18.2. The summed E-state index contributed by atoms with van der Waals surface area (Å²) in [6, 6.07) is 11.7. The fraction of sp³-hybridized carbons (Fsp3) is 0.385. The number of Topliss-reactive ketones (excluding diaryl/α,β-unsaturated/α-hetero) is 1. The van der Waals surface area contributed by atoms with Crippen LogP contribution in [0.1, 0.15) is 51.1 Å². The number of hydrogen-bond acceptors (Lipinski definition) is 5. The highest BCUT2D eigenvalue weighted by atomic mass is 16.5. The van der Waals surface area contributed by atoms with Gasteiger partial charge in [0.15, 0.2) is 12.4 Å². The highest BCUT2D eigenvalue weighted by Crippen LogP contribution is 2.56. The van der Waals surface area contributed by atoms with E-state index < -0.39 is 5.97 Å². The van der Waals surface area contributed by atoms with Gasteiger partial charge in [0.05, 0.1) is 23.1 Å². The summed E-state index contributed by atoms with van der Waals surface area (Å²) in [7, 11) is 0. The molecule has 1 aliphatic heterocycles. The van der Waals surface area contributed by atoms with Gasteiger partial charge >= 0.3 is 5.97 Å². The van der Waals surface area contributed by atoms with Gasteiger partial charge in [-0.1, -0.05) is 18.2 Å². The third-order valence-corrected chi connectivity index (χ3v) is 7.43. The minimum atomic E-state index is -0.664. The van der Waals surface area contributed by atoms with Crippen LogP contribution in [0.25, 0.3) is 0 Å². The third kappa shape index (κ3) is 3.25. The average Bonchev–Trinajstić information content (AvgIpc) is 3.47. The van der Waals surface area contributed by atoms with E-state index in [1.54, 1.807) is 30.3 Å². The lowest BCUT2D eigenvalue weighted by Gasteiger charge is -2.19. The molecule has 1 saturated heterocycles. The van der Waals surface area contributed by atoms with E-state index in [4.69, 9.17) is 4.74 Å². The molecule has 2 aliphatic carbocycles. The molecule has 4 atom stereocenters. The molecule has 3 aliphatic rings. The van der Waals surface area contributed by atoms with Crippen molar-refractivity contribution in [2.24, 2.45) is 23.7 Å². The number of carbonyl (C=O) groups is 4. The Morgan fingerprint density at radius 1 is 0.906 bits per heavy atom. The van der Waals surface area contributed by atoms with E-state index in [1.165, 1.54) is 11.0 Å². The van der Waals surface area contributed by atoms with Gasteiger partial charge < -0.3 is 4.74 Å². The smallest absolute Gasteiger partial charge is 0.338 e. The van der Waals surface area contributed by atoms with Gasteiger partial charge in [-0.2, -0.15) is 0 Å². The van der Waals surface area contributed by atoms with Crippen molar-refractivity contribution >= 4 is 29.3 Å². The number of carbonyl (C=O) groups excluding carboxylic acids is 4. The second-order valence-corrected chi connectivity index (χ2v) is 9.25. The Kier molecular flexibility index (Phi) is 4.96. The highest BCUT2D eigenvalue weighted by molar-refractivity contribution is 6.22. The first-order chi connectivity index (χ1) is 15.3. The summed E-state index contributed by atoms with van der Waals surface area (Å²) in [5, 5.41) is 0. The van der Waals surface area contributed by atoms with E-state index in [0.717, 1.165) is 30.4 Å². The van der Waals surface area contributed by atoms with E-state index in [-0.39, 0.29) is 41.6 Å². The maximum atomic E-state index is 13.0. The number of fused-ring (bicyclic) bond motifs is 5. The molecule has 5 rings (SSSR count). The van der Waals surface area contributed by atoms with Gasteiger partial charge in [-0.05, 0) is 80.3 Å². The summed E-state index contributed by atoms with van der Waals surface area (Å²) in [6.45, 7) is 3.51. The SMILES string of the molecule is Cc1ccc(C(=O)COC(=O)c2cccc(N3C(=O)[C@@H]4[C@H]5CC[C@@H](C5)[C@H]4C3=O)c2)cc1C. The van der Waals surface area contributed by atoms with Crippen molar-refractivity contribution in [2.75, 3.05) is 11.5 Å². The molecule has 0 unspecified atom stereocenters. The summed E-state index contributed by atoms with van der Waals surface area (Å²) in [6.07, 6.45) is 3.00. The van der Waals surface area contributed by atoms with Crippen molar-refractivity contribution in [3.05, 3.63) is 64.7 Å². The average molecular weight is 431 g/mol. The molecule has 164 valence electrons. The van der Waals surface area contributed by atoms with E-state index in [0.29, 0.717) is 23.1 Å². The molecule has 6 nitrogen and oxygen atoms in total. The molecule has 0 spiro atoms. The van der Waals surface area contributed by atoms with Crippen LogP contribution < -0.4 is 4.90 Å². The number of hydrogen-bond donors (Lipinski definition) is 0. The summed E-state index contributed by atoms with van der Waals surface area (Å²) in [5.74, 6) is -1.08. The van der Waals surface area contributed by atoms with Crippen LogP contribution in [-0.2, 0) is 14.3 Å². The zero-order chi connectivity index (χ0) is 22.6. The van der Waals surface area contributed by atoms with Crippen LogP contribution in [0.4, 0.5) is 5.69 Å². The van der Waals surface area contributed by atoms with Crippen LogP contribution in [-0.4, -0.2) is 30.2 Å². The Bertz CT molecular complexity index is 1120. The van der Waals surface area contributed by atoms with Crippen LogP contribution in [0.5, 0.6) is 0 Å². The van der Waals surface area contributed by atoms with Crippen LogP contribution in [0.15, 0.2) is 42.5 Å². The van der Waals surface area contributed by atoms with Gasteiger partial charge in [0.25, 0.3) is 0 Å². The Morgan fingerprint density at radius 2 is 1.59 bits per heavy atom. The van der Waals surface area contributed by atoms with E-state index in [1.807, 2.05) is 19.9 Å². The normalized spacial score (nSPS) is 25.9. The van der Waals surface area contributed by atoms with Gasteiger partial charge in [-0.25, -0.2) is 4.79 Å². The van der Waals surface area contributed by atoms with Crippen LogP contribution in [0, 0.1) is 37.5 Å². The maximum absolute atomic E-state index is 13.0. The van der Waals surface area contributed by atoms with Crippen molar-refractivity contribution in [3.8, 4) is 0 Å². The number of amides is 2. The first-order valence-electron chi connectivity index (χ1n) is 11.1. The molecule has 3 fully saturated rings. The molecule has 2 aromatic rings. The topological polar surface area (TPSA) is 80.8 Å². The molecular formula is C26H25NO5. The molecule has 0 aromatic heterocycles. The quantitative estimate of drug-likeness (QED) is 0.408. The monoisotopic (exact) mass is 431 g/mol. The number of aryl methyl sites for hydroxylation is 2. The molecule has 1 heterocycles. The molecular weight excluding hydrogens is 406 g/mol. The van der Waals surface area contributed by atoms with Crippen molar-refractivity contribution in [1.29, 1.82) is 0 Å². The van der Waals surface area contributed by atoms with Gasteiger partial charge in [0, 0.05) is 5.56 Å². The number of ketones is 1. The molecule has 0 N–H and O–H groups in total. The molecule has 2 amide bonds. The third-order valence-electron chi connectivity index (χ3n) is 7.43. The molecule has 2 saturated carbocycles. The molecule has 2 aromatic carbocycles. The van der Waals surface area contributed by atoms with Gasteiger partial charge in [0.2, 0.25) is 11.8 Å². The van der Waals surface area contributed by atoms with Gasteiger partial charge in [-0.15, -0.1) is 0 Å². The summed E-state index contributed by atoms with van der Waals surface area (Å²) in [4.78, 5) is 52.3. The van der Waals surface area contributed by atoms with Gasteiger partial charge in [0.1, 0.15) is 0 Å². The highest BCUT2D eigenvalue weighted by Gasteiger charge is 2.61. The van der Waals surface area contributed by atoms with E-state index in [2.05, 4.69) is 0 Å². The number of esters is 1. The summed E-state index contributed by atoms with van der Waals surface area (Å²) in [5.41, 5.74) is 3.16. The minimum absolute atomic E-state index is 0.150. The number of nitrogens with zero attached hydrogens (tertiary/aromatic N) is 1. The molecule has 2 bridgehead atoms. The first kappa shape index (κ1) is 20.6. The second-order valence-electron chi connectivity index (χ2n) is 9.25. The fourth-order valence-corrected chi connectivity index (χ4v) is 5.65. The number of anilines is 1. The standard InChI is InChI=1S/C26H25NO5/c1-14-6-7-16(10-15(14)2)21(28)13-32-26(31)19-4-3-5-20(12-19)27-24(29)22-17-8-9-18(11-17)23(22)25(27)30/h3-7,10,12,17-18,22-23H,8-9,11,13H2,1-2H3/t17-,18-,22+,23+/m0/s1. The van der Waals surface area contributed by atoms with Crippen LogP contribution in [0.2, 0.25) is 0 Å². The number of imide groups is 1. The van der Waals surface area contributed by atoms with Crippen LogP contribution >= 0.6 is 0 Å². The summed E-state index contributed by atoms with van der Waals surface area (Å²) < 4.78 is 5.23. The van der Waals surface area contributed by atoms with Crippen molar-refractivity contribution in [1.82, 2.24) is 0 Å².